The number of hydrogen-bond donors (Lipinski definition) is 1. The number of Topliss-reactive ketones (excluding diaryl/α,β-unsaturated/α-hetero) is 1. The van der Waals surface area contributed by atoms with Gasteiger partial charge in [-0.25, -0.2) is 0 Å². The molecule has 31 heavy (non-hydrogen) atoms. The Morgan fingerprint density at radius 3 is 2.61 bits per heavy atom. The smallest absolute Gasteiger partial charge is 0.320 e. The second kappa shape index (κ2) is 9.64. The Morgan fingerprint density at radius 2 is 1.90 bits per heavy atom. The first-order valence-corrected chi connectivity index (χ1v) is 11.4. The summed E-state index contributed by atoms with van der Waals surface area (Å²) in [6, 6.07) is 9.00. The van der Waals surface area contributed by atoms with Crippen LogP contribution in [0.15, 0.2) is 24.3 Å². The molecule has 2 aliphatic heterocycles. The van der Waals surface area contributed by atoms with E-state index in [9.17, 15) is 4.79 Å². The van der Waals surface area contributed by atoms with Gasteiger partial charge < -0.3 is 15.4 Å². The fourth-order valence-electron chi connectivity index (χ4n) is 4.37. The minimum Gasteiger partial charge on any atom is -0.463 e. The molecule has 1 atom stereocenters. The van der Waals surface area contributed by atoms with Crippen LogP contribution in [-0.4, -0.2) is 46.9 Å². The van der Waals surface area contributed by atoms with Crippen LogP contribution in [0, 0.1) is 0 Å². The molecule has 0 saturated carbocycles. The molecule has 166 valence electrons. The van der Waals surface area contributed by atoms with Gasteiger partial charge >= 0.3 is 6.01 Å². The highest BCUT2D eigenvalue weighted by molar-refractivity contribution is 5.91. The maximum absolute atomic E-state index is 12.5. The summed E-state index contributed by atoms with van der Waals surface area (Å²) in [7, 11) is 0. The van der Waals surface area contributed by atoms with E-state index in [0.29, 0.717) is 30.4 Å². The number of anilines is 2. The molecular formula is C24H33N5O2. The number of aromatic nitrogens is 2. The summed E-state index contributed by atoms with van der Waals surface area (Å²) in [5.41, 5.74) is 9.37. The van der Waals surface area contributed by atoms with E-state index in [1.54, 1.807) is 0 Å². The Bertz CT molecular complexity index is 909. The molecule has 1 fully saturated rings. The third kappa shape index (κ3) is 4.98. The molecule has 1 saturated heterocycles. The van der Waals surface area contributed by atoms with E-state index in [2.05, 4.69) is 53.0 Å². The summed E-state index contributed by atoms with van der Waals surface area (Å²) in [6.45, 7) is 8.46. The summed E-state index contributed by atoms with van der Waals surface area (Å²) < 4.78 is 5.71. The van der Waals surface area contributed by atoms with Gasteiger partial charge in [0.15, 0.2) is 5.78 Å². The molecule has 0 spiro atoms. The number of ketones is 1. The van der Waals surface area contributed by atoms with Crippen molar-refractivity contribution in [1.29, 1.82) is 0 Å². The second-order valence-corrected chi connectivity index (χ2v) is 8.64. The molecule has 0 aliphatic carbocycles. The molecule has 4 rings (SSSR count). The Kier molecular flexibility index (Phi) is 6.70. The molecule has 2 N–H and O–H groups in total. The topological polar surface area (TPSA) is 84.6 Å². The Balaban J connectivity index is 1.55. The van der Waals surface area contributed by atoms with Gasteiger partial charge in [0, 0.05) is 18.5 Å². The SMILES string of the molecule is CCCCOc1nc(N)c2c(n1)N(C(C)c1ccc(CN3CCCC3)cc1)CC(=O)C2. The van der Waals surface area contributed by atoms with E-state index < -0.39 is 0 Å². The number of hydrogen-bond acceptors (Lipinski definition) is 7. The first-order chi connectivity index (χ1) is 15.0. The minimum absolute atomic E-state index is 0.0124. The molecule has 7 heteroatoms. The Labute approximate surface area is 184 Å². The van der Waals surface area contributed by atoms with Crippen LogP contribution in [0.2, 0.25) is 0 Å². The van der Waals surface area contributed by atoms with Crippen LogP contribution in [0.1, 0.15) is 62.3 Å². The normalized spacial score (nSPS) is 17.6. The van der Waals surface area contributed by atoms with Gasteiger partial charge in [0.25, 0.3) is 0 Å². The number of ether oxygens (including phenoxy) is 1. The fourth-order valence-corrected chi connectivity index (χ4v) is 4.37. The van der Waals surface area contributed by atoms with Crippen molar-refractivity contribution in [1.82, 2.24) is 14.9 Å². The van der Waals surface area contributed by atoms with E-state index in [4.69, 9.17) is 10.5 Å². The standard InChI is InChI=1S/C24H33N5O2/c1-3-4-13-31-24-26-22(25)21-14-20(30)16-29(23(21)27-24)17(2)19-9-7-18(8-10-19)15-28-11-5-6-12-28/h7-10,17H,3-6,11-16H2,1-2H3,(H2,25,26,27). The van der Waals surface area contributed by atoms with Gasteiger partial charge in [-0.1, -0.05) is 37.6 Å². The maximum Gasteiger partial charge on any atom is 0.320 e. The number of benzene rings is 1. The Morgan fingerprint density at radius 1 is 1.16 bits per heavy atom. The summed E-state index contributed by atoms with van der Waals surface area (Å²) in [4.78, 5) is 25.9. The number of rotatable bonds is 8. The van der Waals surface area contributed by atoms with Crippen LogP contribution in [0.5, 0.6) is 6.01 Å². The van der Waals surface area contributed by atoms with Crippen LogP contribution in [0.25, 0.3) is 0 Å². The quantitative estimate of drug-likeness (QED) is 0.650. The van der Waals surface area contributed by atoms with E-state index in [0.717, 1.165) is 24.9 Å². The van der Waals surface area contributed by atoms with Crippen molar-refractivity contribution in [2.45, 2.75) is 58.5 Å². The zero-order valence-corrected chi connectivity index (χ0v) is 18.6. The highest BCUT2D eigenvalue weighted by Crippen LogP contribution is 2.35. The van der Waals surface area contributed by atoms with Crippen LogP contribution in [0.4, 0.5) is 11.6 Å². The molecule has 0 amide bonds. The van der Waals surface area contributed by atoms with E-state index in [1.807, 2.05) is 4.90 Å². The highest BCUT2D eigenvalue weighted by atomic mass is 16.5. The number of fused-ring (bicyclic) bond motifs is 1. The number of nitrogens with two attached hydrogens (primary N) is 1. The fraction of sp³-hybridized carbons (Fsp3) is 0.542. The summed E-state index contributed by atoms with van der Waals surface area (Å²) in [6.07, 6.45) is 4.84. The lowest BCUT2D eigenvalue weighted by Gasteiger charge is -2.35. The monoisotopic (exact) mass is 423 g/mol. The predicted molar refractivity (Wildman–Crippen MR) is 122 cm³/mol. The number of nitrogen functional groups attached to an aromatic ring is 1. The third-order valence-corrected chi connectivity index (χ3v) is 6.25. The minimum atomic E-state index is -0.0124. The predicted octanol–water partition coefficient (Wildman–Crippen LogP) is 3.53. The molecule has 2 aromatic rings. The number of nitrogens with zero attached hydrogens (tertiary/aromatic N) is 4. The Hall–Kier alpha value is -2.67. The molecule has 0 bridgehead atoms. The molecule has 1 aromatic carbocycles. The van der Waals surface area contributed by atoms with Gasteiger partial charge in [-0.15, -0.1) is 0 Å². The van der Waals surface area contributed by atoms with E-state index >= 15 is 0 Å². The molecule has 1 unspecified atom stereocenters. The molecule has 0 radical (unpaired) electrons. The number of carbonyl (C=O) groups is 1. The van der Waals surface area contributed by atoms with Gasteiger partial charge in [-0.2, -0.15) is 9.97 Å². The van der Waals surface area contributed by atoms with Crippen molar-refractivity contribution in [3.63, 3.8) is 0 Å². The molecule has 2 aliphatic rings. The molecule has 7 nitrogen and oxygen atoms in total. The van der Waals surface area contributed by atoms with Gasteiger partial charge in [-0.3, -0.25) is 9.69 Å². The van der Waals surface area contributed by atoms with Crippen molar-refractivity contribution in [3.05, 3.63) is 41.0 Å². The lowest BCUT2D eigenvalue weighted by Crippen LogP contribution is -2.39. The molecule has 3 heterocycles. The first kappa shape index (κ1) is 21.6. The van der Waals surface area contributed by atoms with Gasteiger partial charge in [0.05, 0.1) is 19.2 Å². The lowest BCUT2D eigenvalue weighted by molar-refractivity contribution is -0.117. The van der Waals surface area contributed by atoms with Crippen LogP contribution in [0.3, 0.4) is 0 Å². The van der Waals surface area contributed by atoms with Crippen molar-refractivity contribution in [3.8, 4) is 6.01 Å². The van der Waals surface area contributed by atoms with Crippen molar-refractivity contribution >= 4 is 17.4 Å². The van der Waals surface area contributed by atoms with Crippen LogP contribution in [-0.2, 0) is 17.8 Å². The summed E-state index contributed by atoms with van der Waals surface area (Å²) >= 11 is 0. The van der Waals surface area contributed by atoms with E-state index in [1.165, 1.54) is 31.5 Å². The highest BCUT2D eigenvalue weighted by Gasteiger charge is 2.31. The van der Waals surface area contributed by atoms with E-state index in [-0.39, 0.29) is 24.3 Å². The second-order valence-electron chi connectivity index (χ2n) is 8.64. The summed E-state index contributed by atoms with van der Waals surface area (Å²) in [5.74, 6) is 1.18. The number of carbonyl (C=O) groups excluding carboxylic acids is 1. The molecule has 1 aromatic heterocycles. The largest absolute Gasteiger partial charge is 0.463 e. The molecular weight excluding hydrogens is 390 g/mol. The van der Waals surface area contributed by atoms with Crippen molar-refractivity contribution < 1.29 is 9.53 Å². The van der Waals surface area contributed by atoms with Crippen molar-refractivity contribution in [2.24, 2.45) is 0 Å². The third-order valence-electron chi connectivity index (χ3n) is 6.25. The average Bonchev–Trinajstić information content (AvgIpc) is 3.27. The van der Waals surface area contributed by atoms with Crippen LogP contribution >= 0.6 is 0 Å². The number of unbranched alkanes of at least 4 members (excludes halogenated alkanes) is 1. The van der Waals surface area contributed by atoms with Crippen molar-refractivity contribution in [2.75, 3.05) is 36.9 Å². The summed E-state index contributed by atoms with van der Waals surface area (Å²) in [5, 5.41) is 0. The lowest BCUT2D eigenvalue weighted by atomic mass is 9.99. The number of likely N-dealkylation sites (tertiary alicyclic amines) is 1. The maximum atomic E-state index is 12.5. The zero-order chi connectivity index (χ0) is 21.8. The van der Waals surface area contributed by atoms with Gasteiger partial charge in [-0.05, 0) is 50.4 Å². The van der Waals surface area contributed by atoms with Crippen LogP contribution < -0.4 is 15.4 Å². The average molecular weight is 424 g/mol. The zero-order valence-electron chi connectivity index (χ0n) is 18.6. The first-order valence-electron chi connectivity index (χ1n) is 11.4. The van der Waals surface area contributed by atoms with Gasteiger partial charge in [0.1, 0.15) is 11.6 Å². The van der Waals surface area contributed by atoms with Gasteiger partial charge in [0.2, 0.25) is 0 Å².